The molecule has 0 aliphatic carbocycles. The lowest BCUT2D eigenvalue weighted by Crippen LogP contribution is -2.42. The lowest BCUT2D eigenvalue weighted by molar-refractivity contribution is -0.110. The summed E-state index contributed by atoms with van der Waals surface area (Å²) in [5.41, 5.74) is 3.45. The molecule has 1 fully saturated rings. The number of alkyl halides is 1. The number of benzene rings is 2. The van der Waals surface area contributed by atoms with Gasteiger partial charge in [-0.3, -0.25) is 4.79 Å². The number of likely N-dealkylation sites (tertiary alicyclic amines) is 1. The summed E-state index contributed by atoms with van der Waals surface area (Å²) in [6, 6.07) is 9.83. The van der Waals surface area contributed by atoms with Gasteiger partial charge < -0.3 is 15.0 Å². The zero-order valence-corrected chi connectivity index (χ0v) is 21.0. The topological polar surface area (TPSA) is 41.6 Å². The number of carbonyl (C=O) groups excluding carboxylic acids is 1. The number of likely N-dealkylation sites (N-methyl/N-ethyl adjacent to an activating group) is 1. The largest absolute Gasteiger partial charge is 0.496 e. The van der Waals surface area contributed by atoms with Gasteiger partial charge in [-0.15, -0.1) is 0 Å². The van der Waals surface area contributed by atoms with Crippen molar-refractivity contribution in [1.29, 1.82) is 0 Å². The van der Waals surface area contributed by atoms with Crippen molar-refractivity contribution < 1.29 is 18.3 Å². The van der Waals surface area contributed by atoms with E-state index in [0.717, 1.165) is 28.0 Å². The van der Waals surface area contributed by atoms with Crippen LogP contribution >= 0.6 is 0 Å². The summed E-state index contributed by atoms with van der Waals surface area (Å²) in [5, 5.41) is 2.82. The monoisotopic (exact) mass is 480 g/mol. The van der Waals surface area contributed by atoms with Gasteiger partial charge in [0.05, 0.1) is 12.8 Å². The molecule has 0 radical (unpaired) electrons. The number of ether oxygens (including phenoxy) is 1. The molecule has 1 saturated heterocycles. The second kappa shape index (κ2) is 10.9. The summed E-state index contributed by atoms with van der Waals surface area (Å²) in [6.45, 7) is 12.8. The first kappa shape index (κ1) is 26.2. The number of rotatable bonds is 9. The predicted molar refractivity (Wildman–Crippen MR) is 138 cm³/mol. The van der Waals surface area contributed by atoms with Crippen LogP contribution in [-0.4, -0.2) is 43.6 Å². The van der Waals surface area contributed by atoms with Crippen LogP contribution in [-0.2, 0) is 11.2 Å². The Labute approximate surface area is 207 Å². The molecule has 0 unspecified atom stereocenters. The highest BCUT2D eigenvalue weighted by atomic mass is 19.1. The summed E-state index contributed by atoms with van der Waals surface area (Å²) in [5.74, 6) is 0.146. The Bertz CT molecular complexity index is 1140. The standard InChI is InChI=1S/C29H34F2N2O2/c1-7-24(28(34)20(3)32-5)25-17-26(27(35-6)16-19(25)2)21(4)33-14-12-29(31,13-15-33)18-22-8-10-23(30)11-9-22/h7-11,16-17,32H,3-4,12-15,18H2,1-2,5-6H3/b24-7+. The van der Waals surface area contributed by atoms with Crippen LogP contribution in [0.2, 0.25) is 0 Å². The zero-order chi connectivity index (χ0) is 25.8. The molecule has 0 atom stereocenters. The average Bonchev–Trinajstić information content (AvgIpc) is 2.85. The second-order valence-electron chi connectivity index (χ2n) is 9.02. The number of hydrogen-bond acceptors (Lipinski definition) is 4. The summed E-state index contributed by atoms with van der Waals surface area (Å²) in [4.78, 5) is 14.9. The highest BCUT2D eigenvalue weighted by Crippen LogP contribution is 2.37. The van der Waals surface area contributed by atoms with Gasteiger partial charge in [0.15, 0.2) is 0 Å². The third-order valence-electron chi connectivity index (χ3n) is 6.73. The molecule has 2 aromatic rings. The molecule has 1 heterocycles. The summed E-state index contributed by atoms with van der Waals surface area (Å²) in [6.07, 6.45) is 2.71. The summed E-state index contributed by atoms with van der Waals surface area (Å²) >= 11 is 0. The molecular weight excluding hydrogens is 446 g/mol. The summed E-state index contributed by atoms with van der Waals surface area (Å²) in [7, 11) is 3.26. The molecule has 6 heteroatoms. The number of nitrogens with one attached hydrogen (secondary N) is 1. The quantitative estimate of drug-likeness (QED) is 0.456. The van der Waals surface area contributed by atoms with E-state index in [4.69, 9.17) is 4.74 Å². The lowest BCUT2D eigenvalue weighted by atomic mass is 9.86. The zero-order valence-electron chi connectivity index (χ0n) is 21.0. The van der Waals surface area contributed by atoms with Crippen LogP contribution in [0.5, 0.6) is 5.75 Å². The predicted octanol–water partition coefficient (Wildman–Crippen LogP) is 5.87. The number of ketones is 1. The molecular formula is C29H34F2N2O2. The first-order valence-electron chi connectivity index (χ1n) is 11.8. The third-order valence-corrected chi connectivity index (χ3v) is 6.73. The molecule has 2 aromatic carbocycles. The van der Waals surface area contributed by atoms with Gasteiger partial charge in [0, 0.05) is 43.4 Å². The Morgan fingerprint density at radius 2 is 1.80 bits per heavy atom. The molecule has 0 bridgehead atoms. The van der Waals surface area contributed by atoms with Crippen LogP contribution in [0.3, 0.4) is 0 Å². The number of Topliss-reactive ketones (excluding diaryl/α,β-unsaturated/α-hetero) is 1. The van der Waals surface area contributed by atoms with E-state index < -0.39 is 5.67 Å². The van der Waals surface area contributed by atoms with Gasteiger partial charge in [-0.2, -0.15) is 0 Å². The van der Waals surface area contributed by atoms with Gasteiger partial charge in [-0.05, 0) is 67.6 Å². The molecule has 1 aliphatic rings. The number of nitrogens with zero attached hydrogens (tertiary/aromatic N) is 1. The smallest absolute Gasteiger partial charge is 0.208 e. The molecule has 1 N–H and O–H groups in total. The van der Waals surface area contributed by atoms with Crippen LogP contribution in [0, 0.1) is 12.7 Å². The Balaban J connectivity index is 1.82. The van der Waals surface area contributed by atoms with Gasteiger partial charge in [-0.25, -0.2) is 8.78 Å². The van der Waals surface area contributed by atoms with Crippen molar-refractivity contribution in [2.75, 3.05) is 27.2 Å². The van der Waals surface area contributed by atoms with Gasteiger partial charge >= 0.3 is 0 Å². The number of methoxy groups -OCH3 is 1. The van der Waals surface area contributed by atoms with Crippen LogP contribution in [0.1, 0.15) is 42.0 Å². The molecule has 35 heavy (non-hydrogen) atoms. The first-order chi connectivity index (χ1) is 16.6. The fourth-order valence-electron chi connectivity index (χ4n) is 4.54. The fourth-order valence-corrected chi connectivity index (χ4v) is 4.54. The van der Waals surface area contributed by atoms with Crippen molar-refractivity contribution in [1.82, 2.24) is 10.2 Å². The molecule has 3 rings (SSSR count). The molecule has 0 saturated carbocycles. The minimum absolute atomic E-state index is 0.180. The minimum atomic E-state index is -1.35. The second-order valence-corrected chi connectivity index (χ2v) is 9.02. The summed E-state index contributed by atoms with van der Waals surface area (Å²) < 4.78 is 34.4. The molecule has 0 spiro atoms. The van der Waals surface area contributed by atoms with Crippen molar-refractivity contribution in [3.8, 4) is 5.75 Å². The van der Waals surface area contributed by atoms with Gasteiger partial charge in [-0.1, -0.05) is 31.4 Å². The fraction of sp³-hybridized carbons (Fsp3) is 0.345. The van der Waals surface area contributed by atoms with E-state index >= 15 is 4.39 Å². The molecule has 0 aromatic heterocycles. The highest BCUT2D eigenvalue weighted by molar-refractivity contribution is 6.28. The van der Waals surface area contributed by atoms with Crippen LogP contribution < -0.4 is 10.1 Å². The maximum absolute atomic E-state index is 15.6. The molecule has 186 valence electrons. The Kier molecular flexibility index (Phi) is 8.15. The molecule has 4 nitrogen and oxygen atoms in total. The van der Waals surface area contributed by atoms with E-state index in [-0.39, 0.29) is 18.0 Å². The minimum Gasteiger partial charge on any atom is -0.496 e. The number of piperidine rings is 1. The Hall–Kier alpha value is -3.41. The number of hydrogen-bond donors (Lipinski definition) is 1. The van der Waals surface area contributed by atoms with Crippen LogP contribution in [0.4, 0.5) is 8.78 Å². The van der Waals surface area contributed by atoms with Gasteiger partial charge in [0.2, 0.25) is 5.78 Å². The first-order valence-corrected chi connectivity index (χ1v) is 11.8. The Morgan fingerprint density at radius 1 is 1.17 bits per heavy atom. The van der Waals surface area contributed by atoms with Crippen molar-refractivity contribution in [3.63, 3.8) is 0 Å². The van der Waals surface area contributed by atoms with E-state index in [1.807, 2.05) is 26.0 Å². The van der Waals surface area contributed by atoms with E-state index in [9.17, 15) is 9.18 Å². The number of allylic oxidation sites excluding steroid dienone is 2. The van der Waals surface area contributed by atoms with Crippen molar-refractivity contribution in [2.45, 2.75) is 38.8 Å². The number of carbonyl (C=O) groups is 1. The highest BCUT2D eigenvalue weighted by Gasteiger charge is 2.35. The Morgan fingerprint density at radius 3 is 2.34 bits per heavy atom. The van der Waals surface area contributed by atoms with Crippen molar-refractivity contribution in [3.05, 3.63) is 89.4 Å². The van der Waals surface area contributed by atoms with Crippen molar-refractivity contribution in [2.24, 2.45) is 0 Å². The normalized spacial score (nSPS) is 15.5. The number of aryl methyl sites for hydroxylation is 1. The van der Waals surface area contributed by atoms with Gasteiger partial charge in [0.1, 0.15) is 17.2 Å². The van der Waals surface area contributed by atoms with Gasteiger partial charge in [0.25, 0.3) is 0 Å². The lowest BCUT2D eigenvalue weighted by Gasteiger charge is -2.39. The molecule has 0 amide bonds. The van der Waals surface area contributed by atoms with E-state index in [2.05, 4.69) is 23.4 Å². The maximum atomic E-state index is 15.6. The molecule has 1 aliphatic heterocycles. The van der Waals surface area contributed by atoms with E-state index in [0.29, 0.717) is 43.0 Å². The van der Waals surface area contributed by atoms with Crippen LogP contribution in [0.25, 0.3) is 11.3 Å². The van der Waals surface area contributed by atoms with Crippen molar-refractivity contribution >= 4 is 17.1 Å². The van der Waals surface area contributed by atoms with E-state index in [1.54, 1.807) is 32.4 Å². The van der Waals surface area contributed by atoms with E-state index in [1.165, 1.54) is 12.1 Å². The third kappa shape index (κ3) is 5.81. The maximum Gasteiger partial charge on any atom is 0.208 e. The number of halogens is 2. The SMILES string of the molecule is C=C(NC)C(=O)/C(=C/C)c1cc(C(=C)N2CCC(F)(Cc3ccc(F)cc3)CC2)c(OC)cc1C. The average molecular weight is 481 g/mol. The van der Waals surface area contributed by atoms with Crippen LogP contribution in [0.15, 0.2) is 61.3 Å².